The van der Waals surface area contributed by atoms with E-state index in [0.717, 1.165) is 24.3 Å². The van der Waals surface area contributed by atoms with Crippen molar-refractivity contribution >= 4 is 26.4 Å². The fourth-order valence-electron chi connectivity index (χ4n) is 1.86. The first-order valence-electron chi connectivity index (χ1n) is 5.91. The van der Waals surface area contributed by atoms with Gasteiger partial charge in [-0.1, -0.05) is 12.1 Å². The molecule has 2 aromatic carbocycles. The highest BCUT2D eigenvalue weighted by molar-refractivity contribution is 7.47. The van der Waals surface area contributed by atoms with E-state index in [2.05, 4.69) is 9.05 Å². The molecule has 0 bridgehead atoms. The number of benzene rings is 1. The fourth-order valence-corrected chi connectivity index (χ4v) is 2.65. The third-order valence-electron chi connectivity index (χ3n) is 2.68. The topological polar surface area (TPSA) is 191 Å². The zero-order chi connectivity index (χ0) is 18.3. The van der Waals surface area contributed by atoms with Crippen LogP contribution in [0.25, 0.3) is 10.8 Å². The smallest absolute Gasteiger partial charge is 0.504 e. The second-order valence-electron chi connectivity index (χ2n) is 4.42. The minimum absolute atomic E-state index is 0.140. The molecule has 0 unspecified atom stereocenters. The molecular weight excluding hydrogens is 370 g/mol. The van der Waals surface area contributed by atoms with E-state index in [4.69, 9.17) is 19.6 Å². The first-order valence-corrected chi connectivity index (χ1v) is 8.97. The molecule has 0 fully saturated rings. The van der Waals surface area contributed by atoms with E-state index in [0.29, 0.717) is 0 Å². The van der Waals surface area contributed by atoms with E-state index in [1.54, 1.807) is 0 Å². The van der Waals surface area contributed by atoms with Crippen LogP contribution in [-0.4, -0.2) is 29.8 Å². The van der Waals surface area contributed by atoms with E-state index < -0.39 is 49.5 Å². The summed E-state index contributed by atoms with van der Waals surface area (Å²) >= 11 is 0. The number of phenols is 2. The molecule has 6 N–H and O–H groups in total. The van der Waals surface area contributed by atoms with Gasteiger partial charge >= 0.3 is 15.6 Å². The van der Waals surface area contributed by atoms with Crippen LogP contribution in [0.15, 0.2) is 29.1 Å². The zero-order valence-corrected chi connectivity index (χ0v) is 13.2. The average Bonchev–Trinajstić information content (AvgIpc) is 2.53. The first-order chi connectivity index (χ1) is 10.9. The number of rotatable bonds is 4. The van der Waals surface area contributed by atoms with Gasteiger partial charge in [0, 0.05) is 0 Å². The van der Waals surface area contributed by atoms with Crippen LogP contribution in [0.5, 0.6) is 23.0 Å². The van der Waals surface area contributed by atoms with Gasteiger partial charge < -0.3 is 19.3 Å². The highest BCUT2D eigenvalue weighted by atomic mass is 31.2. The molecule has 0 aliphatic heterocycles. The van der Waals surface area contributed by atoms with Crippen molar-refractivity contribution in [1.29, 1.82) is 0 Å². The molecule has 130 valence electrons. The van der Waals surface area contributed by atoms with Crippen LogP contribution < -0.4 is 14.5 Å². The molecule has 0 saturated heterocycles. The maximum atomic E-state index is 12.2. The summed E-state index contributed by atoms with van der Waals surface area (Å²) < 4.78 is 30.1. The van der Waals surface area contributed by atoms with Crippen molar-refractivity contribution in [1.82, 2.24) is 0 Å². The number of phosphoric acid groups is 2. The van der Waals surface area contributed by atoms with Gasteiger partial charge in [-0.15, -0.1) is 0 Å². The minimum Gasteiger partial charge on any atom is -0.504 e. The van der Waals surface area contributed by atoms with Crippen LogP contribution in [0.2, 0.25) is 0 Å². The molecule has 0 atom stereocenters. The SMILES string of the molecule is O=c1c(OP(=O)(O)O)cccc2cc(OP(=O)(O)O)c(O)c(O)c12. The maximum Gasteiger partial charge on any atom is 0.524 e. The van der Waals surface area contributed by atoms with Crippen molar-refractivity contribution in [2.45, 2.75) is 0 Å². The Labute approximate surface area is 132 Å². The summed E-state index contributed by atoms with van der Waals surface area (Å²) in [5.74, 6) is -3.85. The van der Waals surface area contributed by atoms with Crippen molar-refractivity contribution in [2.24, 2.45) is 0 Å². The summed E-state index contributed by atoms with van der Waals surface area (Å²) in [6, 6.07) is 4.05. The Hall–Kier alpha value is -2.13. The van der Waals surface area contributed by atoms with Gasteiger partial charge in [-0.25, -0.2) is 9.13 Å². The van der Waals surface area contributed by atoms with Gasteiger partial charge in [0.05, 0.1) is 5.39 Å². The highest BCUT2D eigenvalue weighted by Crippen LogP contribution is 2.47. The van der Waals surface area contributed by atoms with Gasteiger partial charge in [-0.3, -0.25) is 24.4 Å². The maximum absolute atomic E-state index is 12.2. The Balaban J connectivity index is 2.80. The molecule has 0 radical (unpaired) electrons. The Morgan fingerprint density at radius 3 is 1.92 bits per heavy atom. The molecule has 0 aromatic heterocycles. The summed E-state index contributed by atoms with van der Waals surface area (Å²) in [6.45, 7) is 0. The van der Waals surface area contributed by atoms with Crippen molar-refractivity contribution in [3.63, 3.8) is 0 Å². The predicted molar refractivity (Wildman–Crippen MR) is 78.9 cm³/mol. The summed E-state index contributed by atoms with van der Waals surface area (Å²) in [5, 5.41) is 18.9. The summed E-state index contributed by atoms with van der Waals surface area (Å²) in [7, 11) is -10.1. The van der Waals surface area contributed by atoms with Crippen molar-refractivity contribution in [3.8, 4) is 23.0 Å². The summed E-state index contributed by atoms with van der Waals surface area (Å²) in [4.78, 5) is 47.3. The van der Waals surface area contributed by atoms with Gasteiger partial charge in [0.25, 0.3) is 0 Å². The Morgan fingerprint density at radius 2 is 1.38 bits per heavy atom. The van der Waals surface area contributed by atoms with Crippen LogP contribution in [0.4, 0.5) is 0 Å². The van der Waals surface area contributed by atoms with E-state index in [9.17, 15) is 24.1 Å². The lowest BCUT2D eigenvalue weighted by molar-refractivity contribution is 0.275. The van der Waals surface area contributed by atoms with Gasteiger partial charge in [-0.05, 0) is 17.5 Å². The molecule has 0 heterocycles. The molecule has 0 saturated carbocycles. The minimum atomic E-state index is -5.06. The third-order valence-corrected chi connectivity index (χ3v) is 3.55. The van der Waals surface area contributed by atoms with Crippen LogP contribution in [0, 0.1) is 0 Å². The molecule has 2 aromatic rings. The Bertz CT molecular complexity index is 958. The lowest BCUT2D eigenvalue weighted by Crippen LogP contribution is -2.04. The van der Waals surface area contributed by atoms with E-state index >= 15 is 0 Å². The molecule has 24 heavy (non-hydrogen) atoms. The van der Waals surface area contributed by atoms with E-state index in [1.807, 2.05) is 0 Å². The number of hydrogen-bond acceptors (Lipinski definition) is 7. The van der Waals surface area contributed by atoms with Crippen molar-refractivity contribution in [2.75, 3.05) is 0 Å². The van der Waals surface area contributed by atoms with Gasteiger partial charge in [0.1, 0.15) is 0 Å². The van der Waals surface area contributed by atoms with Crippen LogP contribution >= 0.6 is 15.6 Å². The highest BCUT2D eigenvalue weighted by Gasteiger charge is 2.24. The molecular formula is C11H10O11P2. The molecule has 0 spiro atoms. The number of fused-ring (bicyclic) bond motifs is 1. The van der Waals surface area contributed by atoms with E-state index in [1.165, 1.54) is 0 Å². The normalized spacial score (nSPS) is 12.2. The molecule has 13 heteroatoms. The number of aromatic hydroxyl groups is 2. The first kappa shape index (κ1) is 18.2. The second kappa shape index (κ2) is 6.06. The number of hydrogen-bond donors (Lipinski definition) is 6. The number of phosphoric ester groups is 2. The van der Waals surface area contributed by atoms with Crippen LogP contribution in [-0.2, 0) is 9.13 Å². The van der Waals surface area contributed by atoms with Crippen LogP contribution in [0.3, 0.4) is 0 Å². The number of phenolic OH excluding ortho intramolecular Hbond substituents is 2. The standard InChI is InChI=1S/C11H10O11P2/c12-9-6(21-23(15,16)17)3-1-2-5-4-7(22-24(18,19)20)10(13)11(14)8(5)9/h1-4,13-14H,(H2,15,16,17)(H2,18,19,20). The van der Waals surface area contributed by atoms with Gasteiger partial charge in [0.2, 0.25) is 11.2 Å². The third kappa shape index (κ3) is 4.04. The van der Waals surface area contributed by atoms with E-state index in [-0.39, 0.29) is 5.39 Å². The van der Waals surface area contributed by atoms with Gasteiger partial charge in [0.15, 0.2) is 17.2 Å². The monoisotopic (exact) mass is 380 g/mol. The quantitative estimate of drug-likeness (QED) is 0.321. The molecule has 0 amide bonds. The van der Waals surface area contributed by atoms with Crippen molar-refractivity contribution in [3.05, 3.63) is 34.5 Å². The lowest BCUT2D eigenvalue weighted by atomic mass is 10.1. The Kier molecular flexibility index (Phi) is 4.60. The van der Waals surface area contributed by atoms with Crippen LogP contribution in [0.1, 0.15) is 0 Å². The molecule has 0 aliphatic rings. The molecule has 2 rings (SSSR count). The zero-order valence-electron chi connectivity index (χ0n) is 11.4. The largest absolute Gasteiger partial charge is 0.524 e. The lowest BCUT2D eigenvalue weighted by Gasteiger charge is -2.10. The van der Waals surface area contributed by atoms with Gasteiger partial charge in [-0.2, -0.15) is 0 Å². The average molecular weight is 380 g/mol. The predicted octanol–water partition coefficient (Wildman–Crippen LogP) is 0.554. The fraction of sp³-hybridized carbons (Fsp3) is 0. The Morgan fingerprint density at radius 1 is 0.833 bits per heavy atom. The summed E-state index contributed by atoms with van der Waals surface area (Å²) in [5.41, 5.74) is -1.17. The molecule has 11 nitrogen and oxygen atoms in total. The second-order valence-corrected chi connectivity index (χ2v) is 6.75. The van der Waals surface area contributed by atoms with Crippen molar-refractivity contribution < 1.29 is 48.0 Å². The summed E-state index contributed by atoms with van der Waals surface area (Å²) in [6.07, 6.45) is 0. The molecule has 0 aliphatic carbocycles.